The number of hydrazine groups is 1. The number of rotatable bonds is 3. The molecule has 0 spiro atoms. The van der Waals surface area contributed by atoms with Gasteiger partial charge in [0.25, 0.3) is 0 Å². The molecule has 100 valence electrons. The van der Waals surface area contributed by atoms with Gasteiger partial charge in [0.1, 0.15) is 5.75 Å². The molecule has 0 aliphatic carbocycles. The monoisotopic (exact) mass is 274 g/mol. The van der Waals surface area contributed by atoms with Gasteiger partial charge in [0.2, 0.25) is 0 Å². The van der Waals surface area contributed by atoms with Crippen molar-refractivity contribution >= 4 is 11.3 Å². The molecule has 0 fully saturated rings. The van der Waals surface area contributed by atoms with Crippen LogP contribution in [0, 0.1) is 12.8 Å². The van der Waals surface area contributed by atoms with Crippen LogP contribution >= 0.6 is 11.3 Å². The lowest BCUT2D eigenvalue weighted by Gasteiger charge is -2.31. The van der Waals surface area contributed by atoms with Crippen LogP contribution in [0.2, 0.25) is 0 Å². The van der Waals surface area contributed by atoms with Crippen LogP contribution in [0.3, 0.4) is 0 Å². The molecule has 1 aromatic heterocycles. The smallest absolute Gasteiger partial charge is 0.122 e. The molecule has 3 nitrogen and oxygen atoms in total. The molecule has 3 rings (SSSR count). The molecular formula is C15H18N2OS. The van der Waals surface area contributed by atoms with Crippen molar-refractivity contribution in [3.63, 3.8) is 0 Å². The maximum atomic E-state index is 5.87. The number of benzene rings is 1. The predicted molar refractivity (Wildman–Crippen MR) is 78.3 cm³/mol. The molecule has 0 amide bonds. The molecule has 4 heteroatoms. The topological polar surface area (TPSA) is 47.3 Å². The lowest BCUT2D eigenvalue weighted by molar-refractivity contribution is 0.186. The molecule has 0 saturated carbocycles. The first-order chi connectivity index (χ1) is 9.29. The van der Waals surface area contributed by atoms with Gasteiger partial charge in [-0.05, 0) is 42.0 Å². The van der Waals surface area contributed by atoms with Gasteiger partial charge in [-0.3, -0.25) is 11.3 Å². The van der Waals surface area contributed by atoms with Crippen LogP contribution in [0.4, 0.5) is 0 Å². The zero-order valence-corrected chi connectivity index (χ0v) is 11.7. The summed E-state index contributed by atoms with van der Waals surface area (Å²) in [5.74, 6) is 7.17. The first-order valence-electron chi connectivity index (χ1n) is 6.50. The van der Waals surface area contributed by atoms with E-state index >= 15 is 0 Å². The highest BCUT2D eigenvalue weighted by Crippen LogP contribution is 2.36. The van der Waals surface area contributed by atoms with Gasteiger partial charge in [0.15, 0.2) is 0 Å². The largest absolute Gasteiger partial charge is 0.493 e. The second-order valence-corrected chi connectivity index (χ2v) is 5.94. The summed E-state index contributed by atoms with van der Waals surface area (Å²) in [7, 11) is 0. The third-order valence-electron chi connectivity index (χ3n) is 3.74. The number of nitrogens with two attached hydrogens (primary N) is 1. The molecule has 1 aromatic carbocycles. The molecule has 2 heterocycles. The zero-order chi connectivity index (χ0) is 13.2. The molecule has 0 bridgehead atoms. The van der Waals surface area contributed by atoms with Gasteiger partial charge >= 0.3 is 0 Å². The molecule has 2 aromatic rings. The number of ether oxygens (including phenoxy) is 1. The van der Waals surface area contributed by atoms with Crippen molar-refractivity contribution in [1.82, 2.24) is 5.43 Å². The van der Waals surface area contributed by atoms with E-state index in [0.29, 0.717) is 12.5 Å². The Labute approximate surface area is 117 Å². The van der Waals surface area contributed by atoms with E-state index in [9.17, 15) is 0 Å². The van der Waals surface area contributed by atoms with E-state index in [1.807, 2.05) is 12.1 Å². The lowest BCUT2D eigenvalue weighted by Crippen LogP contribution is -2.38. The van der Waals surface area contributed by atoms with E-state index in [-0.39, 0.29) is 6.04 Å². The summed E-state index contributed by atoms with van der Waals surface area (Å²) in [5, 5.41) is 2.12. The highest BCUT2D eigenvalue weighted by molar-refractivity contribution is 7.10. The van der Waals surface area contributed by atoms with E-state index in [4.69, 9.17) is 10.6 Å². The fourth-order valence-corrected chi connectivity index (χ4v) is 3.77. The fourth-order valence-electron chi connectivity index (χ4n) is 2.69. The van der Waals surface area contributed by atoms with E-state index in [0.717, 1.165) is 12.2 Å². The number of nitrogens with one attached hydrogen (secondary N) is 1. The van der Waals surface area contributed by atoms with Crippen molar-refractivity contribution in [2.45, 2.75) is 19.4 Å². The molecule has 2 atom stereocenters. The normalized spacial score (nSPS) is 19.6. The standard InChI is InChI=1S/C15H18N2OS/c1-10-6-7-19-15(10)14(17-16)12-8-11-4-2-3-5-13(11)18-9-12/h2-7,12,14,17H,8-9,16H2,1H3. The van der Waals surface area contributed by atoms with Gasteiger partial charge in [-0.25, -0.2) is 0 Å². The summed E-state index contributed by atoms with van der Waals surface area (Å²) in [6.45, 7) is 2.84. The molecule has 0 saturated heterocycles. The summed E-state index contributed by atoms with van der Waals surface area (Å²) in [6.07, 6.45) is 1.00. The predicted octanol–water partition coefficient (Wildman–Crippen LogP) is 2.81. The Balaban J connectivity index is 1.85. The van der Waals surface area contributed by atoms with Crippen LogP contribution in [-0.4, -0.2) is 6.61 Å². The maximum absolute atomic E-state index is 5.87. The minimum atomic E-state index is 0.161. The van der Waals surface area contributed by atoms with Gasteiger partial charge in [0, 0.05) is 10.8 Å². The SMILES string of the molecule is Cc1ccsc1C(NN)C1COc2ccccc2C1. The Bertz CT molecular complexity index is 567. The van der Waals surface area contributed by atoms with Crippen molar-refractivity contribution in [2.75, 3.05) is 6.61 Å². The molecule has 1 aliphatic rings. The Hall–Kier alpha value is -1.36. The third-order valence-corrected chi connectivity index (χ3v) is 4.84. The van der Waals surface area contributed by atoms with E-state index in [1.54, 1.807) is 11.3 Å². The number of thiophene rings is 1. The van der Waals surface area contributed by atoms with Crippen molar-refractivity contribution < 1.29 is 4.74 Å². The van der Waals surface area contributed by atoms with Gasteiger partial charge in [0.05, 0.1) is 12.6 Å². The minimum Gasteiger partial charge on any atom is -0.493 e. The fraction of sp³-hybridized carbons (Fsp3) is 0.333. The van der Waals surface area contributed by atoms with Crippen LogP contribution < -0.4 is 16.0 Å². The lowest BCUT2D eigenvalue weighted by atomic mass is 9.89. The average Bonchev–Trinajstić information content (AvgIpc) is 2.86. The molecule has 1 aliphatic heterocycles. The van der Waals surface area contributed by atoms with Crippen LogP contribution in [0.1, 0.15) is 22.0 Å². The van der Waals surface area contributed by atoms with E-state index in [2.05, 4.69) is 35.9 Å². The summed E-state index contributed by atoms with van der Waals surface area (Å²) >= 11 is 1.76. The number of hydrogen-bond acceptors (Lipinski definition) is 4. The van der Waals surface area contributed by atoms with Gasteiger partial charge in [-0.15, -0.1) is 11.3 Å². The van der Waals surface area contributed by atoms with Crippen LogP contribution in [0.5, 0.6) is 5.75 Å². The summed E-state index contributed by atoms with van der Waals surface area (Å²) in [6, 6.07) is 10.5. The van der Waals surface area contributed by atoms with Crippen LogP contribution in [0.25, 0.3) is 0 Å². The summed E-state index contributed by atoms with van der Waals surface area (Å²) in [5.41, 5.74) is 5.55. The average molecular weight is 274 g/mol. The maximum Gasteiger partial charge on any atom is 0.122 e. The van der Waals surface area contributed by atoms with Crippen molar-refractivity contribution in [3.8, 4) is 5.75 Å². The Morgan fingerprint density at radius 1 is 1.37 bits per heavy atom. The first kappa shape index (κ1) is 12.7. The quantitative estimate of drug-likeness (QED) is 0.668. The number of aryl methyl sites for hydroxylation is 1. The molecule has 19 heavy (non-hydrogen) atoms. The van der Waals surface area contributed by atoms with Crippen molar-refractivity contribution in [1.29, 1.82) is 0 Å². The second-order valence-electron chi connectivity index (χ2n) is 5.00. The van der Waals surface area contributed by atoms with Crippen molar-refractivity contribution in [2.24, 2.45) is 11.8 Å². The highest BCUT2D eigenvalue weighted by atomic mass is 32.1. The van der Waals surface area contributed by atoms with Crippen LogP contribution in [0.15, 0.2) is 35.7 Å². The summed E-state index contributed by atoms with van der Waals surface area (Å²) < 4.78 is 5.87. The Morgan fingerprint density at radius 2 is 2.21 bits per heavy atom. The molecule has 0 radical (unpaired) electrons. The number of fused-ring (bicyclic) bond motifs is 1. The third kappa shape index (κ3) is 2.39. The van der Waals surface area contributed by atoms with Crippen molar-refractivity contribution in [3.05, 3.63) is 51.7 Å². The summed E-state index contributed by atoms with van der Waals surface area (Å²) in [4.78, 5) is 1.32. The van der Waals surface area contributed by atoms with Gasteiger partial charge in [-0.1, -0.05) is 18.2 Å². The Morgan fingerprint density at radius 3 is 2.95 bits per heavy atom. The van der Waals surface area contributed by atoms with E-state index in [1.165, 1.54) is 16.0 Å². The van der Waals surface area contributed by atoms with E-state index < -0.39 is 0 Å². The van der Waals surface area contributed by atoms with Gasteiger partial charge < -0.3 is 4.74 Å². The number of para-hydroxylation sites is 1. The zero-order valence-electron chi connectivity index (χ0n) is 10.9. The van der Waals surface area contributed by atoms with Gasteiger partial charge in [-0.2, -0.15) is 0 Å². The molecule has 3 N–H and O–H groups in total. The Kier molecular flexibility index (Phi) is 3.55. The highest BCUT2D eigenvalue weighted by Gasteiger charge is 2.29. The second kappa shape index (κ2) is 5.33. The molecule has 2 unspecified atom stereocenters. The molecular weight excluding hydrogens is 256 g/mol. The number of hydrogen-bond donors (Lipinski definition) is 2. The van der Waals surface area contributed by atoms with Crippen LogP contribution in [-0.2, 0) is 6.42 Å². The minimum absolute atomic E-state index is 0.161. The first-order valence-corrected chi connectivity index (χ1v) is 7.38.